The van der Waals surface area contributed by atoms with E-state index in [1.165, 1.54) is 7.11 Å². The lowest BCUT2D eigenvalue weighted by Gasteiger charge is -2.01. The molecule has 2 heterocycles. The molecule has 0 atom stereocenters. The van der Waals surface area contributed by atoms with E-state index in [1.807, 2.05) is 36.4 Å². The lowest BCUT2D eigenvalue weighted by atomic mass is 10.1. The maximum absolute atomic E-state index is 12.0. The van der Waals surface area contributed by atoms with E-state index >= 15 is 0 Å². The number of aromatic nitrogens is 3. The molecule has 0 unspecified atom stereocenters. The molecule has 0 saturated carbocycles. The lowest BCUT2D eigenvalue weighted by Crippen LogP contribution is -2.01. The third kappa shape index (κ3) is 2.78. The van der Waals surface area contributed by atoms with Crippen molar-refractivity contribution in [1.82, 2.24) is 14.8 Å². The van der Waals surface area contributed by atoms with E-state index < -0.39 is 5.97 Å². The minimum absolute atomic E-state index is 0.414. The van der Waals surface area contributed by atoms with Gasteiger partial charge in [0.25, 0.3) is 0 Å². The van der Waals surface area contributed by atoms with Crippen molar-refractivity contribution in [3.8, 4) is 16.9 Å². The minimum Gasteiger partial charge on any atom is -0.465 e. The summed E-state index contributed by atoms with van der Waals surface area (Å²) < 4.78 is 7.42. The van der Waals surface area contributed by atoms with Crippen molar-refractivity contribution in [2.45, 2.75) is 0 Å². The molecule has 0 aliphatic carbocycles. The predicted molar refractivity (Wildman–Crippen MR) is 85.8 cm³/mol. The molecule has 3 rings (SSSR count). The molecule has 6 heteroatoms. The van der Waals surface area contributed by atoms with Gasteiger partial charge in [0, 0.05) is 28.6 Å². The molecule has 0 radical (unpaired) electrons. The van der Waals surface area contributed by atoms with Crippen LogP contribution in [0.5, 0.6) is 0 Å². The van der Waals surface area contributed by atoms with Crippen LogP contribution >= 0.6 is 15.9 Å². The SMILES string of the molecule is COC(=O)c1cn(-c2ccncc2)nc1-c1cccc(Br)c1. The standard InChI is InChI=1S/C16H12BrN3O2/c1-22-16(21)14-10-20(13-5-7-18-8-6-13)19-15(14)11-3-2-4-12(17)9-11/h2-10H,1H3. The Morgan fingerprint density at radius 2 is 2.00 bits per heavy atom. The summed E-state index contributed by atoms with van der Waals surface area (Å²) in [5, 5.41) is 4.53. The van der Waals surface area contributed by atoms with Crippen LogP contribution in [0.4, 0.5) is 0 Å². The number of ether oxygens (including phenoxy) is 1. The van der Waals surface area contributed by atoms with Crippen LogP contribution in [0.1, 0.15) is 10.4 Å². The van der Waals surface area contributed by atoms with Crippen molar-refractivity contribution in [2.24, 2.45) is 0 Å². The summed E-state index contributed by atoms with van der Waals surface area (Å²) in [6.07, 6.45) is 5.01. The monoisotopic (exact) mass is 357 g/mol. The smallest absolute Gasteiger partial charge is 0.341 e. The highest BCUT2D eigenvalue weighted by Gasteiger charge is 2.19. The Bertz CT molecular complexity index is 815. The van der Waals surface area contributed by atoms with Gasteiger partial charge in [0.05, 0.1) is 12.8 Å². The molecule has 0 bridgehead atoms. The molecule has 0 N–H and O–H groups in total. The molecule has 3 aromatic rings. The first-order valence-electron chi connectivity index (χ1n) is 6.53. The molecule has 2 aromatic heterocycles. The Morgan fingerprint density at radius 3 is 2.68 bits per heavy atom. The third-order valence-corrected chi connectivity index (χ3v) is 3.64. The fourth-order valence-electron chi connectivity index (χ4n) is 2.11. The maximum atomic E-state index is 12.0. The van der Waals surface area contributed by atoms with E-state index in [-0.39, 0.29) is 0 Å². The van der Waals surface area contributed by atoms with E-state index in [9.17, 15) is 4.79 Å². The molecule has 5 nitrogen and oxygen atoms in total. The van der Waals surface area contributed by atoms with Gasteiger partial charge in [-0.2, -0.15) is 5.10 Å². The Labute approximate surface area is 135 Å². The number of halogens is 1. The van der Waals surface area contributed by atoms with Crippen molar-refractivity contribution in [2.75, 3.05) is 7.11 Å². The zero-order valence-electron chi connectivity index (χ0n) is 11.7. The van der Waals surface area contributed by atoms with E-state index in [1.54, 1.807) is 23.3 Å². The predicted octanol–water partition coefficient (Wildman–Crippen LogP) is 3.48. The molecule has 0 saturated heterocycles. The molecule has 0 aliphatic heterocycles. The second-order valence-electron chi connectivity index (χ2n) is 4.54. The number of hydrogen-bond acceptors (Lipinski definition) is 4. The quantitative estimate of drug-likeness (QED) is 0.673. The van der Waals surface area contributed by atoms with E-state index in [0.29, 0.717) is 11.3 Å². The summed E-state index contributed by atoms with van der Waals surface area (Å²) in [5.74, 6) is -0.421. The normalized spacial score (nSPS) is 10.5. The van der Waals surface area contributed by atoms with Crippen molar-refractivity contribution < 1.29 is 9.53 Å². The summed E-state index contributed by atoms with van der Waals surface area (Å²) in [6.45, 7) is 0. The summed E-state index contributed by atoms with van der Waals surface area (Å²) in [4.78, 5) is 16.0. The van der Waals surface area contributed by atoms with Gasteiger partial charge in [-0.1, -0.05) is 28.1 Å². The Balaban J connectivity index is 2.16. The van der Waals surface area contributed by atoms with Crippen molar-refractivity contribution in [3.05, 3.63) is 65.0 Å². The van der Waals surface area contributed by atoms with Crippen molar-refractivity contribution in [3.63, 3.8) is 0 Å². The number of hydrogen-bond donors (Lipinski definition) is 0. The Kier molecular flexibility index (Phi) is 4.02. The fraction of sp³-hybridized carbons (Fsp3) is 0.0625. The second-order valence-corrected chi connectivity index (χ2v) is 5.46. The maximum Gasteiger partial charge on any atom is 0.341 e. The molecule has 110 valence electrons. The van der Waals surface area contributed by atoms with E-state index in [4.69, 9.17) is 4.74 Å². The van der Waals surface area contributed by atoms with E-state index in [2.05, 4.69) is 26.0 Å². The van der Waals surface area contributed by atoms with Gasteiger partial charge in [-0.05, 0) is 24.3 Å². The van der Waals surface area contributed by atoms with Crippen LogP contribution in [-0.2, 0) is 4.74 Å². The van der Waals surface area contributed by atoms with Gasteiger partial charge in [0.2, 0.25) is 0 Å². The van der Waals surface area contributed by atoms with Crippen LogP contribution in [0.3, 0.4) is 0 Å². The van der Waals surface area contributed by atoms with Gasteiger partial charge in [0.15, 0.2) is 0 Å². The highest BCUT2D eigenvalue weighted by molar-refractivity contribution is 9.10. The molecule has 0 amide bonds. The van der Waals surface area contributed by atoms with Gasteiger partial charge in [-0.15, -0.1) is 0 Å². The first-order valence-corrected chi connectivity index (χ1v) is 7.32. The van der Waals surface area contributed by atoms with Crippen LogP contribution in [0.2, 0.25) is 0 Å². The van der Waals surface area contributed by atoms with Crippen LogP contribution in [0, 0.1) is 0 Å². The number of carbonyl (C=O) groups excluding carboxylic acids is 1. The second kappa shape index (κ2) is 6.11. The average molecular weight is 358 g/mol. The summed E-state index contributed by atoms with van der Waals surface area (Å²) in [5.41, 5.74) is 2.64. The first-order chi connectivity index (χ1) is 10.7. The number of carbonyl (C=O) groups is 1. The number of pyridine rings is 1. The van der Waals surface area contributed by atoms with Crippen molar-refractivity contribution >= 4 is 21.9 Å². The topological polar surface area (TPSA) is 57.0 Å². The highest BCUT2D eigenvalue weighted by Crippen LogP contribution is 2.26. The number of methoxy groups -OCH3 is 1. The molecule has 1 aromatic carbocycles. The molecule has 0 fully saturated rings. The van der Waals surface area contributed by atoms with Gasteiger partial charge < -0.3 is 4.74 Å². The number of rotatable bonds is 3. The number of benzene rings is 1. The summed E-state index contributed by atoms with van der Waals surface area (Å²) in [7, 11) is 1.36. The Morgan fingerprint density at radius 1 is 1.23 bits per heavy atom. The average Bonchev–Trinajstić information content (AvgIpc) is 3.00. The third-order valence-electron chi connectivity index (χ3n) is 3.14. The van der Waals surface area contributed by atoms with Gasteiger partial charge in [-0.3, -0.25) is 4.98 Å². The summed E-state index contributed by atoms with van der Waals surface area (Å²) in [6, 6.07) is 11.3. The number of esters is 1. The number of nitrogens with zero attached hydrogens (tertiary/aromatic N) is 3. The van der Waals surface area contributed by atoms with Gasteiger partial charge in [0.1, 0.15) is 11.3 Å². The highest BCUT2D eigenvalue weighted by atomic mass is 79.9. The first kappa shape index (κ1) is 14.5. The molecule has 0 spiro atoms. The molecular weight excluding hydrogens is 346 g/mol. The zero-order chi connectivity index (χ0) is 15.5. The van der Waals surface area contributed by atoms with Gasteiger partial charge in [-0.25, -0.2) is 9.48 Å². The van der Waals surface area contributed by atoms with Crippen molar-refractivity contribution in [1.29, 1.82) is 0 Å². The molecule has 0 aliphatic rings. The van der Waals surface area contributed by atoms with Crippen LogP contribution < -0.4 is 0 Å². The fourth-order valence-corrected chi connectivity index (χ4v) is 2.51. The molecule has 22 heavy (non-hydrogen) atoms. The molecular formula is C16H12BrN3O2. The van der Waals surface area contributed by atoms with Gasteiger partial charge >= 0.3 is 5.97 Å². The van der Waals surface area contributed by atoms with Crippen LogP contribution in [-0.4, -0.2) is 27.8 Å². The minimum atomic E-state index is -0.421. The van der Waals surface area contributed by atoms with E-state index in [0.717, 1.165) is 15.7 Å². The van der Waals surface area contributed by atoms with Crippen LogP contribution in [0.25, 0.3) is 16.9 Å². The largest absolute Gasteiger partial charge is 0.465 e. The lowest BCUT2D eigenvalue weighted by molar-refractivity contribution is 0.0601. The Hall–Kier alpha value is -2.47. The zero-order valence-corrected chi connectivity index (χ0v) is 13.3. The summed E-state index contributed by atoms with van der Waals surface area (Å²) >= 11 is 3.43. The van der Waals surface area contributed by atoms with Crippen LogP contribution in [0.15, 0.2) is 59.5 Å².